The SMILES string of the molecule is CC1CCN(CC2CCC2)CC1N. The number of hydrogen-bond acceptors (Lipinski definition) is 2. The molecule has 2 unspecified atom stereocenters. The van der Waals surface area contributed by atoms with Gasteiger partial charge in [-0.05, 0) is 37.6 Å². The molecule has 0 spiro atoms. The molecule has 1 saturated heterocycles. The lowest BCUT2D eigenvalue weighted by atomic mass is 9.84. The average Bonchev–Trinajstić information content (AvgIpc) is 2.04. The highest BCUT2D eigenvalue weighted by atomic mass is 15.1. The summed E-state index contributed by atoms with van der Waals surface area (Å²) in [5.41, 5.74) is 6.06. The van der Waals surface area contributed by atoms with E-state index in [0.717, 1.165) is 18.4 Å². The van der Waals surface area contributed by atoms with Crippen molar-refractivity contribution >= 4 is 0 Å². The molecule has 2 aliphatic rings. The summed E-state index contributed by atoms with van der Waals surface area (Å²) in [7, 11) is 0. The van der Waals surface area contributed by atoms with Gasteiger partial charge >= 0.3 is 0 Å². The zero-order valence-corrected chi connectivity index (χ0v) is 8.71. The van der Waals surface area contributed by atoms with Crippen LogP contribution in [0.4, 0.5) is 0 Å². The van der Waals surface area contributed by atoms with Crippen molar-refractivity contribution in [1.29, 1.82) is 0 Å². The normalized spacial score (nSPS) is 37.4. The first-order valence-electron chi connectivity index (χ1n) is 5.73. The third-order valence-corrected chi connectivity index (χ3v) is 3.84. The number of nitrogens with two attached hydrogens (primary N) is 1. The quantitative estimate of drug-likeness (QED) is 0.700. The van der Waals surface area contributed by atoms with Crippen molar-refractivity contribution in [2.75, 3.05) is 19.6 Å². The summed E-state index contributed by atoms with van der Waals surface area (Å²) in [5, 5.41) is 0. The third kappa shape index (κ3) is 2.23. The van der Waals surface area contributed by atoms with Crippen molar-refractivity contribution in [3.8, 4) is 0 Å². The van der Waals surface area contributed by atoms with Crippen LogP contribution < -0.4 is 5.73 Å². The van der Waals surface area contributed by atoms with Crippen LogP contribution in [-0.4, -0.2) is 30.6 Å². The van der Waals surface area contributed by atoms with Gasteiger partial charge in [0.2, 0.25) is 0 Å². The standard InChI is InChI=1S/C11H22N2/c1-9-5-6-13(8-11(9)12)7-10-3-2-4-10/h9-11H,2-8,12H2,1H3. The molecule has 0 amide bonds. The second kappa shape index (κ2) is 3.97. The predicted molar refractivity (Wildman–Crippen MR) is 55.5 cm³/mol. The second-order valence-electron chi connectivity index (χ2n) is 4.99. The van der Waals surface area contributed by atoms with Crippen LogP contribution >= 0.6 is 0 Å². The Morgan fingerprint density at radius 2 is 2.08 bits per heavy atom. The molecule has 13 heavy (non-hydrogen) atoms. The first-order chi connectivity index (χ1) is 6.25. The van der Waals surface area contributed by atoms with E-state index in [4.69, 9.17) is 5.73 Å². The predicted octanol–water partition coefficient (Wildman–Crippen LogP) is 1.46. The lowest BCUT2D eigenvalue weighted by Crippen LogP contribution is -2.49. The minimum absolute atomic E-state index is 0.425. The summed E-state index contributed by atoms with van der Waals surface area (Å²) in [6, 6.07) is 0.425. The molecule has 2 heteroatoms. The number of likely N-dealkylation sites (tertiary alicyclic amines) is 1. The monoisotopic (exact) mass is 182 g/mol. The van der Waals surface area contributed by atoms with Gasteiger partial charge in [-0.1, -0.05) is 13.3 Å². The van der Waals surface area contributed by atoms with Gasteiger partial charge in [0.05, 0.1) is 0 Å². The van der Waals surface area contributed by atoms with Crippen molar-refractivity contribution in [2.24, 2.45) is 17.6 Å². The van der Waals surface area contributed by atoms with E-state index in [2.05, 4.69) is 11.8 Å². The maximum atomic E-state index is 6.06. The fourth-order valence-corrected chi connectivity index (χ4v) is 2.38. The molecular weight excluding hydrogens is 160 g/mol. The molecule has 1 aliphatic carbocycles. The zero-order chi connectivity index (χ0) is 9.26. The zero-order valence-electron chi connectivity index (χ0n) is 8.71. The Morgan fingerprint density at radius 3 is 2.62 bits per heavy atom. The molecule has 2 N–H and O–H groups in total. The Bertz CT molecular complexity index is 163. The van der Waals surface area contributed by atoms with Gasteiger partial charge in [0.1, 0.15) is 0 Å². The minimum atomic E-state index is 0.425. The van der Waals surface area contributed by atoms with Crippen LogP contribution in [0.25, 0.3) is 0 Å². The Labute approximate surface area is 81.5 Å². The highest BCUT2D eigenvalue weighted by Gasteiger charge is 2.26. The highest BCUT2D eigenvalue weighted by molar-refractivity contribution is 4.83. The molecule has 0 bridgehead atoms. The van der Waals surface area contributed by atoms with E-state index in [1.807, 2.05) is 0 Å². The molecule has 2 atom stereocenters. The van der Waals surface area contributed by atoms with E-state index in [-0.39, 0.29) is 0 Å². The summed E-state index contributed by atoms with van der Waals surface area (Å²) in [4.78, 5) is 2.58. The van der Waals surface area contributed by atoms with Gasteiger partial charge in [-0.25, -0.2) is 0 Å². The van der Waals surface area contributed by atoms with Crippen molar-refractivity contribution in [3.63, 3.8) is 0 Å². The van der Waals surface area contributed by atoms with Gasteiger partial charge in [0.15, 0.2) is 0 Å². The Morgan fingerprint density at radius 1 is 1.31 bits per heavy atom. The van der Waals surface area contributed by atoms with Crippen LogP contribution in [0, 0.1) is 11.8 Å². The lowest BCUT2D eigenvalue weighted by Gasteiger charge is -2.39. The molecule has 1 saturated carbocycles. The number of piperidine rings is 1. The minimum Gasteiger partial charge on any atom is -0.326 e. The van der Waals surface area contributed by atoms with Crippen molar-refractivity contribution < 1.29 is 0 Å². The fourth-order valence-electron chi connectivity index (χ4n) is 2.38. The number of hydrogen-bond donors (Lipinski definition) is 1. The van der Waals surface area contributed by atoms with Gasteiger partial charge < -0.3 is 10.6 Å². The highest BCUT2D eigenvalue weighted by Crippen LogP contribution is 2.28. The number of nitrogens with zero attached hydrogens (tertiary/aromatic N) is 1. The van der Waals surface area contributed by atoms with Gasteiger partial charge in [-0.2, -0.15) is 0 Å². The van der Waals surface area contributed by atoms with Gasteiger partial charge in [0, 0.05) is 19.1 Å². The van der Waals surface area contributed by atoms with Crippen LogP contribution in [0.5, 0.6) is 0 Å². The summed E-state index contributed by atoms with van der Waals surface area (Å²) in [6.45, 7) is 6.02. The molecule has 0 aromatic heterocycles. The molecular formula is C11H22N2. The van der Waals surface area contributed by atoms with E-state index in [9.17, 15) is 0 Å². The molecule has 2 rings (SSSR count). The summed E-state index contributed by atoms with van der Waals surface area (Å²) >= 11 is 0. The lowest BCUT2D eigenvalue weighted by molar-refractivity contribution is 0.122. The van der Waals surface area contributed by atoms with Crippen LogP contribution in [-0.2, 0) is 0 Å². The van der Waals surface area contributed by atoms with E-state index in [0.29, 0.717) is 6.04 Å². The number of rotatable bonds is 2. The topological polar surface area (TPSA) is 29.3 Å². The summed E-state index contributed by atoms with van der Waals surface area (Å²) in [6.07, 6.45) is 5.68. The smallest absolute Gasteiger partial charge is 0.0194 e. The largest absolute Gasteiger partial charge is 0.326 e. The van der Waals surface area contributed by atoms with Crippen molar-refractivity contribution in [2.45, 2.75) is 38.6 Å². The first-order valence-corrected chi connectivity index (χ1v) is 5.73. The third-order valence-electron chi connectivity index (χ3n) is 3.84. The average molecular weight is 182 g/mol. The van der Waals surface area contributed by atoms with Crippen molar-refractivity contribution in [3.05, 3.63) is 0 Å². The van der Waals surface area contributed by atoms with Gasteiger partial charge in [0.25, 0.3) is 0 Å². The molecule has 0 aromatic carbocycles. The Hall–Kier alpha value is -0.0800. The van der Waals surface area contributed by atoms with E-state index in [1.165, 1.54) is 38.8 Å². The Balaban J connectivity index is 1.74. The van der Waals surface area contributed by atoms with Gasteiger partial charge in [-0.3, -0.25) is 0 Å². The van der Waals surface area contributed by atoms with E-state index in [1.54, 1.807) is 0 Å². The van der Waals surface area contributed by atoms with Gasteiger partial charge in [-0.15, -0.1) is 0 Å². The summed E-state index contributed by atoms with van der Waals surface area (Å²) in [5.74, 6) is 1.73. The molecule has 1 heterocycles. The van der Waals surface area contributed by atoms with E-state index < -0.39 is 0 Å². The molecule has 1 aliphatic heterocycles. The Kier molecular flexibility index (Phi) is 2.89. The maximum Gasteiger partial charge on any atom is 0.0194 e. The van der Waals surface area contributed by atoms with Crippen LogP contribution in [0.1, 0.15) is 32.6 Å². The molecule has 2 fully saturated rings. The molecule has 2 nitrogen and oxygen atoms in total. The van der Waals surface area contributed by atoms with Crippen LogP contribution in [0.2, 0.25) is 0 Å². The molecule has 76 valence electrons. The van der Waals surface area contributed by atoms with Crippen molar-refractivity contribution in [1.82, 2.24) is 4.90 Å². The summed E-state index contributed by atoms with van der Waals surface area (Å²) < 4.78 is 0. The molecule has 0 aromatic rings. The second-order valence-corrected chi connectivity index (χ2v) is 4.99. The molecule has 0 radical (unpaired) electrons. The van der Waals surface area contributed by atoms with Crippen LogP contribution in [0.3, 0.4) is 0 Å². The maximum absolute atomic E-state index is 6.06. The van der Waals surface area contributed by atoms with Crippen LogP contribution in [0.15, 0.2) is 0 Å². The first kappa shape index (κ1) is 9.47. The fraction of sp³-hybridized carbons (Fsp3) is 1.00. The van der Waals surface area contributed by atoms with E-state index >= 15 is 0 Å².